The Balaban J connectivity index is 1.58. The Hall–Kier alpha value is -2.90. The fraction of sp³-hybridized carbons (Fsp3) is 0.391. The molecular formula is C23H29N3O4. The number of phenols is 1. The second-order valence-corrected chi connectivity index (χ2v) is 7.89. The van der Waals surface area contributed by atoms with Crippen LogP contribution < -0.4 is 5.32 Å². The second kappa shape index (κ2) is 9.28. The van der Waals surface area contributed by atoms with Gasteiger partial charge in [0.1, 0.15) is 5.75 Å². The van der Waals surface area contributed by atoms with Gasteiger partial charge >= 0.3 is 0 Å². The van der Waals surface area contributed by atoms with E-state index >= 15 is 0 Å². The van der Waals surface area contributed by atoms with Crippen LogP contribution in [0.25, 0.3) is 0 Å². The Kier molecular flexibility index (Phi) is 6.74. The van der Waals surface area contributed by atoms with Gasteiger partial charge in [0.15, 0.2) is 0 Å². The number of hydrogen-bond donors (Lipinski definition) is 3. The normalized spacial score (nSPS) is 21.5. The number of aliphatic hydroxyl groups excluding tert-OH is 1. The number of nitrogens with zero attached hydrogens (tertiary/aromatic N) is 2. The molecule has 7 nitrogen and oxygen atoms in total. The quantitative estimate of drug-likeness (QED) is 0.677. The number of nitrogens with one attached hydrogen (secondary N) is 1. The molecule has 0 aliphatic carbocycles. The van der Waals surface area contributed by atoms with Gasteiger partial charge in [0.05, 0.1) is 11.6 Å². The minimum absolute atomic E-state index is 0.0403. The molecular weight excluding hydrogens is 382 g/mol. The van der Waals surface area contributed by atoms with Gasteiger partial charge in [-0.3, -0.25) is 14.5 Å². The van der Waals surface area contributed by atoms with E-state index in [1.54, 1.807) is 17.0 Å². The molecule has 1 heterocycles. The summed E-state index contributed by atoms with van der Waals surface area (Å²) < 4.78 is 0. The summed E-state index contributed by atoms with van der Waals surface area (Å²) in [6.07, 6.45) is -0.0309. The Morgan fingerprint density at radius 1 is 1.13 bits per heavy atom. The van der Waals surface area contributed by atoms with E-state index in [1.807, 2.05) is 49.3 Å². The molecule has 2 atom stereocenters. The Labute approximate surface area is 176 Å². The number of phenolic OH excluding ortho intramolecular Hbond substituents is 1. The van der Waals surface area contributed by atoms with Gasteiger partial charge in [-0.15, -0.1) is 0 Å². The summed E-state index contributed by atoms with van der Waals surface area (Å²) >= 11 is 0. The highest BCUT2D eigenvalue weighted by atomic mass is 16.3. The number of likely N-dealkylation sites (N-methyl/N-ethyl adjacent to an activating group) is 1. The van der Waals surface area contributed by atoms with E-state index in [0.29, 0.717) is 18.7 Å². The molecule has 3 N–H and O–H groups in total. The van der Waals surface area contributed by atoms with Gasteiger partial charge < -0.3 is 20.4 Å². The van der Waals surface area contributed by atoms with E-state index in [4.69, 9.17) is 0 Å². The van der Waals surface area contributed by atoms with Crippen LogP contribution in [0.5, 0.6) is 5.75 Å². The first-order chi connectivity index (χ1) is 14.3. The molecule has 0 bridgehead atoms. The first-order valence-electron chi connectivity index (χ1n) is 10.1. The topological polar surface area (TPSA) is 93.1 Å². The van der Waals surface area contributed by atoms with Crippen molar-refractivity contribution in [2.75, 3.05) is 32.5 Å². The van der Waals surface area contributed by atoms with Gasteiger partial charge in [0, 0.05) is 37.7 Å². The predicted molar refractivity (Wildman–Crippen MR) is 115 cm³/mol. The third-order valence-corrected chi connectivity index (χ3v) is 5.83. The van der Waals surface area contributed by atoms with Crippen molar-refractivity contribution in [1.82, 2.24) is 9.80 Å². The molecule has 0 aromatic heterocycles. The molecule has 0 unspecified atom stereocenters. The number of carbonyl (C=O) groups excluding carboxylic acids is 2. The highest BCUT2D eigenvalue weighted by Crippen LogP contribution is 2.37. The highest BCUT2D eigenvalue weighted by Gasteiger charge is 2.46. The van der Waals surface area contributed by atoms with Gasteiger partial charge in [-0.25, -0.2) is 0 Å². The van der Waals surface area contributed by atoms with Gasteiger partial charge in [-0.2, -0.15) is 0 Å². The molecule has 2 amide bonds. The third kappa shape index (κ3) is 4.63. The van der Waals surface area contributed by atoms with Crippen LogP contribution in [-0.2, 0) is 15.1 Å². The van der Waals surface area contributed by atoms with Crippen molar-refractivity contribution in [2.24, 2.45) is 0 Å². The molecule has 1 aliphatic rings. The van der Waals surface area contributed by atoms with E-state index in [2.05, 4.69) is 5.32 Å². The molecule has 0 spiro atoms. The maximum absolute atomic E-state index is 12.7. The lowest BCUT2D eigenvalue weighted by atomic mass is 9.77. The molecule has 3 rings (SSSR count). The number of anilines is 1. The first kappa shape index (κ1) is 21.8. The molecule has 30 heavy (non-hydrogen) atoms. The van der Waals surface area contributed by atoms with Crippen molar-refractivity contribution in [3.8, 4) is 5.75 Å². The lowest BCUT2D eigenvalue weighted by Gasteiger charge is -2.49. The largest absolute Gasteiger partial charge is 0.508 e. The minimum Gasteiger partial charge on any atom is -0.508 e. The van der Waals surface area contributed by atoms with Gasteiger partial charge in [0.25, 0.3) is 0 Å². The standard InChI is InChI=1S/C23H29N3O4/c1-25(2)23(17-7-4-3-5-8-17)13-14-26(16-20(23)28)22(30)12-11-21(29)24-18-9-6-10-19(27)15-18/h3-10,15,20,27-28H,11-14,16H2,1-2H3,(H,24,29)/t20-,23+/m1/s1. The fourth-order valence-corrected chi connectivity index (χ4v) is 4.18. The smallest absolute Gasteiger partial charge is 0.224 e. The van der Waals surface area contributed by atoms with Gasteiger partial charge in [-0.05, 0) is 38.2 Å². The number of amides is 2. The number of piperidine rings is 1. The van der Waals surface area contributed by atoms with Crippen molar-refractivity contribution in [3.63, 3.8) is 0 Å². The monoisotopic (exact) mass is 411 g/mol. The van der Waals surface area contributed by atoms with Crippen molar-refractivity contribution >= 4 is 17.5 Å². The predicted octanol–water partition coefficient (Wildman–Crippen LogP) is 2.16. The second-order valence-electron chi connectivity index (χ2n) is 7.89. The number of likely N-dealkylation sites (tertiary alicyclic amines) is 1. The van der Waals surface area contributed by atoms with Gasteiger partial charge in [0.2, 0.25) is 11.8 Å². The van der Waals surface area contributed by atoms with E-state index in [1.165, 1.54) is 12.1 Å². The Morgan fingerprint density at radius 2 is 1.87 bits per heavy atom. The summed E-state index contributed by atoms with van der Waals surface area (Å²) in [7, 11) is 3.89. The fourth-order valence-electron chi connectivity index (χ4n) is 4.18. The summed E-state index contributed by atoms with van der Waals surface area (Å²) in [6, 6.07) is 16.1. The summed E-state index contributed by atoms with van der Waals surface area (Å²) in [6.45, 7) is 0.733. The zero-order chi connectivity index (χ0) is 21.7. The lowest BCUT2D eigenvalue weighted by molar-refractivity contribution is -0.141. The molecule has 1 aliphatic heterocycles. The van der Waals surface area contributed by atoms with Crippen LogP contribution in [0.4, 0.5) is 5.69 Å². The molecule has 2 aromatic carbocycles. The SMILES string of the molecule is CN(C)[C@]1(c2ccccc2)CCN(C(=O)CCC(=O)Nc2cccc(O)c2)C[C@H]1O. The van der Waals surface area contributed by atoms with Gasteiger partial charge in [-0.1, -0.05) is 36.4 Å². The summed E-state index contributed by atoms with van der Waals surface area (Å²) in [5.41, 5.74) is 0.963. The summed E-state index contributed by atoms with van der Waals surface area (Å²) in [4.78, 5) is 28.4. The van der Waals surface area contributed by atoms with E-state index < -0.39 is 11.6 Å². The number of β-amino-alcohol motifs (C(OH)–C–C–N with tert-alkyl or cyclic N) is 1. The molecule has 1 saturated heterocycles. The highest BCUT2D eigenvalue weighted by molar-refractivity contribution is 5.93. The Morgan fingerprint density at radius 3 is 2.50 bits per heavy atom. The van der Waals surface area contributed by atoms with Crippen molar-refractivity contribution in [2.45, 2.75) is 30.9 Å². The molecule has 1 fully saturated rings. The van der Waals surface area contributed by atoms with E-state index in [9.17, 15) is 19.8 Å². The molecule has 0 saturated carbocycles. The first-order valence-corrected chi connectivity index (χ1v) is 10.1. The van der Waals surface area contributed by atoms with Crippen LogP contribution in [-0.4, -0.2) is 65.1 Å². The van der Waals surface area contributed by atoms with Crippen LogP contribution in [0.3, 0.4) is 0 Å². The zero-order valence-corrected chi connectivity index (χ0v) is 17.4. The van der Waals surface area contributed by atoms with Crippen molar-refractivity contribution in [3.05, 3.63) is 60.2 Å². The number of aliphatic hydroxyl groups is 1. The number of hydrogen-bond acceptors (Lipinski definition) is 5. The lowest BCUT2D eigenvalue weighted by Crippen LogP contribution is -2.60. The molecule has 0 radical (unpaired) electrons. The van der Waals surface area contributed by atoms with Crippen LogP contribution in [0, 0.1) is 0 Å². The maximum Gasteiger partial charge on any atom is 0.224 e. The third-order valence-electron chi connectivity index (χ3n) is 5.83. The molecule has 7 heteroatoms. The maximum atomic E-state index is 12.7. The number of benzene rings is 2. The van der Waals surface area contributed by atoms with Crippen LogP contribution in [0.15, 0.2) is 54.6 Å². The van der Waals surface area contributed by atoms with Crippen molar-refractivity contribution < 1.29 is 19.8 Å². The van der Waals surface area contributed by atoms with E-state index in [-0.39, 0.29) is 37.0 Å². The molecule has 2 aromatic rings. The van der Waals surface area contributed by atoms with Crippen LogP contribution in [0.1, 0.15) is 24.8 Å². The van der Waals surface area contributed by atoms with Crippen LogP contribution >= 0.6 is 0 Å². The average Bonchev–Trinajstić information content (AvgIpc) is 2.72. The minimum atomic E-state index is -0.742. The average molecular weight is 412 g/mol. The Bertz CT molecular complexity index is 887. The summed E-state index contributed by atoms with van der Waals surface area (Å²) in [5, 5.41) is 23.2. The number of aromatic hydroxyl groups is 1. The zero-order valence-electron chi connectivity index (χ0n) is 17.4. The summed E-state index contributed by atoms with van der Waals surface area (Å²) in [5.74, 6) is -0.382. The van der Waals surface area contributed by atoms with Crippen LogP contribution in [0.2, 0.25) is 0 Å². The number of rotatable bonds is 6. The van der Waals surface area contributed by atoms with Crippen molar-refractivity contribution in [1.29, 1.82) is 0 Å². The van der Waals surface area contributed by atoms with E-state index in [0.717, 1.165) is 5.56 Å². The number of carbonyl (C=O) groups is 2. The molecule has 160 valence electrons.